The molecule has 0 saturated heterocycles. The smallest absolute Gasteiger partial charge is 0.123 e. The molecule has 0 radical (unpaired) electrons. The molecular weight excluding hydrogens is 80.0 g/mol. The number of hydrogen-bond acceptors (Lipinski definition) is 3. The summed E-state index contributed by atoms with van der Waals surface area (Å²) in [5.74, 6) is 0. The summed E-state index contributed by atoms with van der Waals surface area (Å²) >= 11 is 0. The van der Waals surface area contributed by atoms with Crippen molar-refractivity contribution in [2.45, 2.75) is 12.6 Å². The van der Waals surface area contributed by atoms with Gasteiger partial charge >= 0.3 is 0 Å². The van der Waals surface area contributed by atoms with E-state index in [1.54, 1.807) is 0 Å². The summed E-state index contributed by atoms with van der Waals surface area (Å²) in [5, 5.41) is 8.48. The standard InChI is InChI=1S/C3H10N2O/c1-3(5,6)2-4/h6H,2,4-5H2,1H3/t3-/m1/s1. The largest absolute Gasteiger partial charge is 0.375 e. The minimum Gasteiger partial charge on any atom is -0.375 e. The molecule has 0 bridgehead atoms. The molecule has 38 valence electrons. The highest BCUT2D eigenvalue weighted by Crippen LogP contribution is 1.82. The summed E-state index contributed by atoms with van der Waals surface area (Å²) in [6, 6.07) is 0. The highest BCUT2D eigenvalue weighted by Gasteiger charge is 2.06. The predicted molar refractivity (Wildman–Crippen MR) is 23.9 cm³/mol. The fraction of sp³-hybridized carbons (Fsp3) is 1.00. The third-order valence-corrected chi connectivity index (χ3v) is 0.413. The zero-order valence-corrected chi connectivity index (χ0v) is 3.81. The van der Waals surface area contributed by atoms with E-state index in [2.05, 4.69) is 0 Å². The Balaban J connectivity index is 3.17. The van der Waals surface area contributed by atoms with Crippen molar-refractivity contribution in [2.75, 3.05) is 6.54 Å². The van der Waals surface area contributed by atoms with Gasteiger partial charge in [0.2, 0.25) is 0 Å². The van der Waals surface area contributed by atoms with Crippen LogP contribution in [0.3, 0.4) is 0 Å². The van der Waals surface area contributed by atoms with Crippen LogP contribution in [-0.2, 0) is 0 Å². The zero-order valence-electron chi connectivity index (χ0n) is 3.81. The van der Waals surface area contributed by atoms with Crippen LogP contribution < -0.4 is 11.5 Å². The van der Waals surface area contributed by atoms with Crippen molar-refractivity contribution in [1.29, 1.82) is 0 Å². The van der Waals surface area contributed by atoms with Gasteiger partial charge in [0.15, 0.2) is 0 Å². The van der Waals surface area contributed by atoms with Crippen molar-refractivity contribution in [3.05, 3.63) is 0 Å². The molecule has 0 aliphatic carbocycles. The molecule has 0 saturated carbocycles. The second kappa shape index (κ2) is 1.55. The summed E-state index contributed by atoms with van der Waals surface area (Å²) in [6.07, 6.45) is 0. The highest BCUT2D eigenvalue weighted by molar-refractivity contribution is 4.60. The van der Waals surface area contributed by atoms with Crippen LogP contribution in [0.2, 0.25) is 0 Å². The number of rotatable bonds is 1. The summed E-state index contributed by atoms with van der Waals surface area (Å²) in [6.45, 7) is 1.56. The lowest BCUT2D eigenvalue weighted by molar-refractivity contribution is 0.0766. The minimum absolute atomic E-state index is 0.104. The second-order valence-electron chi connectivity index (χ2n) is 1.56. The molecular formula is C3H10N2O. The van der Waals surface area contributed by atoms with Crippen LogP contribution in [0.1, 0.15) is 6.92 Å². The summed E-state index contributed by atoms with van der Waals surface area (Å²) in [4.78, 5) is 0. The van der Waals surface area contributed by atoms with Gasteiger partial charge in [0.05, 0.1) is 0 Å². The molecule has 0 aromatic rings. The van der Waals surface area contributed by atoms with Gasteiger partial charge < -0.3 is 16.6 Å². The van der Waals surface area contributed by atoms with Gasteiger partial charge in [0.25, 0.3) is 0 Å². The fourth-order valence-electron chi connectivity index (χ4n) is 0. The van der Waals surface area contributed by atoms with E-state index in [1.807, 2.05) is 0 Å². The van der Waals surface area contributed by atoms with Gasteiger partial charge in [0.1, 0.15) is 5.72 Å². The van der Waals surface area contributed by atoms with Crippen LogP contribution in [-0.4, -0.2) is 17.4 Å². The fourth-order valence-corrected chi connectivity index (χ4v) is 0. The molecule has 3 nitrogen and oxygen atoms in total. The molecule has 1 atom stereocenters. The summed E-state index contributed by atoms with van der Waals surface area (Å²) in [5.41, 5.74) is 8.72. The third-order valence-electron chi connectivity index (χ3n) is 0.413. The van der Waals surface area contributed by atoms with Gasteiger partial charge in [-0.05, 0) is 6.92 Å². The SMILES string of the molecule is C[C@@](N)(O)CN. The van der Waals surface area contributed by atoms with E-state index in [9.17, 15) is 0 Å². The first-order valence-electron chi connectivity index (χ1n) is 1.77. The quantitative estimate of drug-likeness (QED) is 0.347. The first kappa shape index (κ1) is 5.88. The molecule has 0 rings (SSSR count). The molecule has 0 unspecified atom stereocenters. The average Bonchev–Trinajstić information content (AvgIpc) is 1.35. The molecule has 5 N–H and O–H groups in total. The second-order valence-corrected chi connectivity index (χ2v) is 1.56. The molecule has 3 heteroatoms. The molecule has 6 heavy (non-hydrogen) atoms. The Labute approximate surface area is 36.9 Å². The molecule has 0 aliphatic rings. The monoisotopic (exact) mass is 90.1 g/mol. The van der Waals surface area contributed by atoms with Crippen molar-refractivity contribution >= 4 is 0 Å². The number of hydrogen-bond donors (Lipinski definition) is 3. The van der Waals surface area contributed by atoms with E-state index in [4.69, 9.17) is 16.6 Å². The Morgan fingerprint density at radius 2 is 2.00 bits per heavy atom. The lowest BCUT2D eigenvalue weighted by Crippen LogP contribution is -2.43. The lowest BCUT2D eigenvalue weighted by Gasteiger charge is -2.11. The Morgan fingerprint density at radius 1 is 1.83 bits per heavy atom. The molecule has 0 aromatic carbocycles. The predicted octanol–water partition coefficient (Wildman–Crippen LogP) is -1.39. The van der Waals surface area contributed by atoms with Crippen LogP contribution in [0.25, 0.3) is 0 Å². The van der Waals surface area contributed by atoms with Gasteiger partial charge in [-0.2, -0.15) is 0 Å². The van der Waals surface area contributed by atoms with Gasteiger partial charge in [-0.15, -0.1) is 0 Å². The van der Waals surface area contributed by atoms with E-state index in [-0.39, 0.29) is 6.54 Å². The van der Waals surface area contributed by atoms with E-state index in [0.717, 1.165) is 0 Å². The molecule has 0 spiro atoms. The van der Waals surface area contributed by atoms with Gasteiger partial charge in [0, 0.05) is 6.54 Å². The Morgan fingerprint density at radius 3 is 2.00 bits per heavy atom. The van der Waals surface area contributed by atoms with Gasteiger partial charge in [-0.1, -0.05) is 0 Å². The van der Waals surface area contributed by atoms with E-state index in [1.165, 1.54) is 6.92 Å². The lowest BCUT2D eigenvalue weighted by atomic mass is 10.3. The van der Waals surface area contributed by atoms with Crippen LogP contribution >= 0.6 is 0 Å². The highest BCUT2D eigenvalue weighted by atomic mass is 16.3. The van der Waals surface area contributed by atoms with Crippen LogP contribution in [0, 0.1) is 0 Å². The third kappa shape index (κ3) is 3.88. The molecule has 0 heterocycles. The van der Waals surface area contributed by atoms with Crippen LogP contribution in [0.4, 0.5) is 0 Å². The number of nitrogens with two attached hydrogens (primary N) is 2. The Bertz CT molecular complexity index is 38.5. The van der Waals surface area contributed by atoms with Crippen molar-refractivity contribution in [3.63, 3.8) is 0 Å². The molecule has 0 amide bonds. The molecule has 0 aromatic heterocycles. The minimum atomic E-state index is -1.18. The van der Waals surface area contributed by atoms with E-state index >= 15 is 0 Å². The molecule has 0 fully saturated rings. The normalized spacial score (nSPS) is 20.0. The van der Waals surface area contributed by atoms with Crippen molar-refractivity contribution in [1.82, 2.24) is 0 Å². The Kier molecular flexibility index (Phi) is 1.52. The first-order valence-corrected chi connectivity index (χ1v) is 1.77. The van der Waals surface area contributed by atoms with Gasteiger partial charge in [-0.3, -0.25) is 0 Å². The van der Waals surface area contributed by atoms with Crippen molar-refractivity contribution in [3.8, 4) is 0 Å². The number of aliphatic hydroxyl groups is 1. The van der Waals surface area contributed by atoms with Gasteiger partial charge in [-0.25, -0.2) is 0 Å². The Hall–Kier alpha value is -0.120. The van der Waals surface area contributed by atoms with Crippen molar-refractivity contribution < 1.29 is 5.11 Å². The zero-order chi connectivity index (χ0) is 5.21. The van der Waals surface area contributed by atoms with Crippen LogP contribution in [0.15, 0.2) is 0 Å². The maximum Gasteiger partial charge on any atom is 0.123 e. The van der Waals surface area contributed by atoms with Crippen LogP contribution in [0.5, 0.6) is 0 Å². The summed E-state index contributed by atoms with van der Waals surface area (Å²) in [7, 11) is 0. The van der Waals surface area contributed by atoms with E-state index in [0.29, 0.717) is 0 Å². The van der Waals surface area contributed by atoms with E-state index < -0.39 is 5.72 Å². The topological polar surface area (TPSA) is 72.3 Å². The molecule has 0 aliphatic heterocycles. The summed E-state index contributed by atoms with van der Waals surface area (Å²) < 4.78 is 0. The maximum atomic E-state index is 8.48. The maximum absolute atomic E-state index is 8.48. The first-order chi connectivity index (χ1) is 2.56. The van der Waals surface area contributed by atoms with Crippen molar-refractivity contribution in [2.24, 2.45) is 11.5 Å². The average molecular weight is 90.1 g/mol.